The van der Waals surface area contributed by atoms with Crippen molar-refractivity contribution in [2.75, 3.05) is 0 Å². The first kappa shape index (κ1) is 12.6. The summed E-state index contributed by atoms with van der Waals surface area (Å²) in [4.78, 5) is 36.5. The normalized spacial score (nSPS) is 11.8. The van der Waals surface area contributed by atoms with Crippen molar-refractivity contribution in [2.24, 2.45) is 5.73 Å². The van der Waals surface area contributed by atoms with E-state index < -0.39 is 30.2 Å². The first-order valence-corrected chi connectivity index (χ1v) is 4.61. The van der Waals surface area contributed by atoms with Gasteiger partial charge in [-0.2, -0.15) is 0 Å². The molecule has 9 nitrogen and oxygen atoms in total. The predicted octanol–water partition coefficient (Wildman–Crippen LogP) is -1.83. The molecule has 1 aromatic heterocycles. The van der Waals surface area contributed by atoms with Gasteiger partial charge in [0.1, 0.15) is 11.9 Å². The maximum Gasteiger partial charge on any atom is 0.326 e. The fraction of sp³-hybridized carbons (Fsp3) is 0.375. The number of aryl methyl sites for hydroxylation is 1. The maximum atomic E-state index is 11.5. The standard InChI is InChI=1S/C8H11N5O4/c1-3-10-6(13-12-3)7(15)11-4(8(16)17)2-5(9)14/h4H,2H2,1H3,(H2,9,14)(H,11,15)(H,16,17)(H,10,12,13)/t4-/m0/s1. The van der Waals surface area contributed by atoms with Crippen molar-refractivity contribution in [1.29, 1.82) is 0 Å². The minimum absolute atomic E-state index is 0.196. The Hall–Kier alpha value is -2.45. The van der Waals surface area contributed by atoms with Gasteiger partial charge in [-0.1, -0.05) is 0 Å². The van der Waals surface area contributed by atoms with Gasteiger partial charge in [-0.05, 0) is 6.92 Å². The number of rotatable bonds is 5. The third-order valence-corrected chi connectivity index (χ3v) is 1.81. The lowest BCUT2D eigenvalue weighted by molar-refractivity contribution is -0.140. The number of aromatic nitrogens is 3. The highest BCUT2D eigenvalue weighted by Gasteiger charge is 2.24. The van der Waals surface area contributed by atoms with Crippen molar-refractivity contribution in [3.63, 3.8) is 0 Å². The van der Waals surface area contributed by atoms with Crippen LogP contribution in [0.2, 0.25) is 0 Å². The highest BCUT2D eigenvalue weighted by molar-refractivity contribution is 5.94. The Kier molecular flexibility index (Phi) is 3.75. The van der Waals surface area contributed by atoms with Crippen LogP contribution in [-0.4, -0.2) is 44.1 Å². The Morgan fingerprint density at radius 1 is 1.53 bits per heavy atom. The van der Waals surface area contributed by atoms with E-state index in [2.05, 4.69) is 20.5 Å². The number of hydrogen-bond donors (Lipinski definition) is 4. The molecule has 0 aliphatic carbocycles. The molecule has 1 heterocycles. The molecule has 1 aromatic rings. The van der Waals surface area contributed by atoms with Crippen LogP contribution in [0.3, 0.4) is 0 Å². The molecule has 92 valence electrons. The van der Waals surface area contributed by atoms with E-state index in [1.54, 1.807) is 6.92 Å². The summed E-state index contributed by atoms with van der Waals surface area (Å²) in [5, 5.41) is 16.8. The molecular weight excluding hydrogens is 230 g/mol. The SMILES string of the molecule is Cc1nc(C(=O)N[C@@H](CC(N)=O)C(=O)O)n[nH]1. The van der Waals surface area contributed by atoms with Crippen molar-refractivity contribution >= 4 is 17.8 Å². The number of amides is 2. The van der Waals surface area contributed by atoms with E-state index in [0.717, 1.165) is 0 Å². The van der Waals surface area contributed by atoms with Crippen LogP contribution in [0.25, 0.3) is 0 Å². The highest BCUT2D eigenvalue weighted by Crippen LogP contribution is 1.96. The lowest BCUT2D eigenvalue weighted by Crippen LogP contribution is -2.43. The van der Waals surface area contributed by atoms with Gasteiger partial charge in [-0.3, -0.25) is 14.7 Å². The van der Waals surface area contributed by atoms with Crippen LogP contribution in [0.5, 0.6) is 0 Å². The Morgan fingerprint density at radius 2 is 2.18 bits per heavy atom. The number of nitrogens with one attached hydrogen (secondary N) is 2. The molecule has 0 aromatic carbocycles. The Bertz CT molecular complexity index is 455. The van der Waals surface area contributed by atoms with E-state index in [9.17, 15) is 14.4 Å². The number of carboxylic acids is 1. The number of nitrogens with two attached hydrogens (primary N) is 1. The van der Waals surface area contributed by atoms with Crippen LogP contribution in [0.4, 0.5) is 0 Å². The van der Waals surface area contributed by atoms with Gasteiger partial charge in [0, 0.05) is 0 Å². The van der Waals surface area contributed by atoms with Gasteiger partial charge in [0.2, 0.25) is 11.7 Å². The number of aliphatic carboxylic acids is 1. The smallest absolute Gasteiger partial charge is 0.326 e. The number of carbonyl (C=O) groups excluding carboxylic acids is 2. The molecule has 2 amide bonds. The molecule has 0 bridgehead atoms. The molecule has 0 aliphatic heterocycles. The third kappa shape index (κ3) is 3.55. The lowest BCUT2D eigenvalue weighted by Gasteiger charge is -2.10. The van der Waals surface area contributed by atoms with Crippen molar-refractivity contribution in [1.82, 2.24) is 20.5 Å². The summed E-state index contributed by atoms with van der Waals surface area (Å²) in [6, 6.07) is -1.39. The summed E-state index contributed by atoms with van der Waals surface area (Å²) in [7, 11) is 0. The van der Waals surface area contributed by atoms with Crippen molar-refractivity contribution < 1.29 is 19.5 Å². The van der Waals surface area contributed by atoms with Gasteiger partial charge in [0.25, 0.3) is 5.91 Å². The summed E-state index contributed by atoms with van der Waals surface area (Å²) in [6.07, 6.45) is -0.496. The predicted molar refractivity (Wildman–Crippen MR) is 53.8 cm³/mol. The molecule has 0 unspecified atom stereocenters. The van der Waals surface area contributed by atoms with E-state index in [0.29, 0.717) is 5.82 Å². The highest BCUT2D eigenvalue weighted by atomic mass is 16.4. The summed E-state index contributed by atoms with van der Waals surface area (Å²) in [5.41, 5.74) is 4.86. The Labute approximate surface area is 95.4 Å². The van der Waals surface area contributed by atoms with E-state index in [4.69, 9.17) is 10.8 Å². The zero-order chi connectivity index (χ0) is 13.0. The molecule has 17 heavy (non-hydrogen) atoms. The van der Waals surface area contributed by atoms with E-state index in [1.165, 1.54) is 0 Å². The van der Waals surface area contributed by atoms with Gasteiger partial charge in [-0.25, -0.2) is 9.78 Å². The molecule has 1 atom stereocenters. The van der Waals surface area contributed by atoms with Crippen LogP contribution in [-0.2, 0) is 9.59 Å². The minimum Gasteiger partial charge on any atom is -0.480 e. The average Bonchev–Trinajstić information content (AvgIpc) is 2.63. The largest absolute Gasteiger partial charge is 0.480 e. The molecule has 0 saturated heterocycles. The number of primary amides is 1. The zero-order valence-corrected chi connectivity index (χ0v) is 8.93. The van der Waals surface area contributed by atoms with Gasteiger partial charge >= 0.3 is 5.97 Å². The molecular formula is C8H11N5O4. The molecule has 0 fully saturated rings. The molecule has 0 spiro atoms. The van der Waals surface area contributed by atoms with Crippen LogP contribution in [0.15, 0.2) is 0 Å². The van der Waals surface area contributed by atoms with E-state index in [-0.39, 0.29) is 5.82 Å². The minimum atomic E-state index is -1.39. The Balaban J connectivity index is 2.70. The van der Waals surface area contributed by atoms with Gasteiger partial charge < -0.3 is 16.2 Å². The first-order chi connectivity index (χ1) is 7.90. The maximum absolute atomic E-state index is 11.5. The second-order valence-corrected chi connectivity index (χ2v) is 3.28. The molecule has 0 saturated carbocycles. The Morgan fingerprint density at radius 3 is 2.59 bits per heavy atom. The number of H-pyrrole nitrogens is 1. The monoisotopic (exact) mass is 241 g/mol. The number of carboxylic acid groups (broad SMARTS) is 1. The third-order valence-electron chi connectivity index (χ3n) is 1.81. The lowest BCUT2D eigenvalue weighted by atomic mass is 10.2. The average molecular weight is 241 g/mol. The molecule has 5 N–H and O–H groups in total. The number of nitrogens with zero attached hydrogens (tertiary/aromatic N) is 2. The van der Waals surface area contributed by atoms with Gasteiger partial charge in [-0.15, -0.1) is 5.10 Å². The van der Waals surface area contributed by atoms with Crippen molar-refractivity contribution in [3.05, 3.63) is 11.6 Å². The van der Waals surface area contributed by atoms with E-state index >= 15 is 0 Å². The zero-order valence-electron chi connectivity index (χ0n) is 8.93. The fourth-order valence-corrected chi connectivity index (χ4v) is 1.07. The topological polar surface area (TPSA) is 151 Å². The fourth-order valence-electron chi connectivity index (χ4n) is 1.07. The summed E-state index contributed by atoms with van der Waals surface area (Å²) in [5.74, 6) is -2.76. The van der Waals surface area contributed by atoms with Crippen LogP contribution >= 0.6 is 0 Å². The summed E-state index contributed by atoms with van der Waals surface area (Å²) >= 11 is 0. The van der Waals surface area contributed by atoms with Crippen LogP contribution in [0.1, 0.15) is 22.9 Å². The summed E-state index contributed by atoms with van der Waals surface area (Å²) < 4.78 is 0. The molecule has 0 aliphatic rings. The second-order valence-electron chi connectivity index (χ2n) is 3.28. The van der Waals surface area contributed by atoms with Crippen LogP contribution in [0, 0.1) is 6.92 Å². The number of aromatic amines is 1. The molecule has 0 radical (unpaired) electrons. The van der Waals surface area contributed by atoms with Crippen LogP contribution < -0.4 is 11.1 Å². The quantitative estimate of drug-likeness (QED) is 0.476. The number of hydrogen-bond acceptors (Lipinski definition) is 5. The van der Waals surface area contributed by atoms with Crippen molar-refractivity contribution in [3.8, 4) is 0 Å². The van der Waals surface area contributed by atoms with Crippen molar-refractivity contribution in [2.45, 2.75) is 19.4 Å². The molecule has 1 rings (SSSR count). The van der Waals surface area contributed by atoms with Gasteiger partial charge in [0.15, 0.2) is 0 Å². The van der Waals surface area contributed by atoms with Gasteiger partial charge in [0.05, 0.1) is 6.42 Å². The second kappa shape index (κ2) is 5.05. The van der Waals surface area contributed by atoms with E-state index in [1.807, 2.05) is 0 Å². The number of carbonyl (C=O) groups is 3. The summed E-state index contributed by atoms with van der Waals surface area (Å²) in [6.45, 7) is 1.59. The molecule has 9 heteroatoms. The first-order valence-electron chi connectivity index (χ1n) is 4.61.